The van der Waals surface area contributed by atoms with Crippen LogP contribution in [-0.2, 0) is 6.42 Å². The van der Waals surface area contributed by atoms with Crippen molar-refractivity contribution in [3.05, 3.63) is 60.2 Å². The van der Waals surface area contributed by atoms with Gasteiger partial charge in [-0.05, 0) is 30.2 Å². The molecule has 0 unspecified atom stereocenters. The first-order chi connectivity index (χ1) is 8.33. The van der Waals surface area contributed by atoms with Gasteiger partial charge in [-0.3, -0.25) is 5.21 Å². The second-order valence-electron chi connectivity index (χ2n) is 4.03. The van der Waals surface area contributed by atoms with Crippen molar-refractivity contribution >= 4 is 11.4 Å². The lowest BCUT2D eigenvalue weighted by molar-refractivity contribution is 0.300. The van der Waals surface area contributed by atoms with Gasteiger partial charge >= 0.3 is 0 Å². The largest absolute Gasteiger partial charge is 0.283 e. The van der Waals surface area contributed by atoms with Crippen LogP contribution in [0.1, 0.15) is 18.9 Å². The first-order valence-corrected chi connectivity index (χ1v) is 5.95. The molecule has 0 radical (unpaired) electrons. The minimum absolute atomic E-state index is 0.788. The number of rotatable bonds is 4. The lowest BCUT2D eigenvalue weighted by Gasteiger charge is -2.20. The average molecular weight is 227 g/mol. The summed E-state index contributed by atoms with van der Waals surface area (Å²) in [4.78, 5) is 0. The Morgan fingerprint density at radius 3 is 2.29 bits per heavy atom. The highest BCUT2D eigenvalue weighted by molar-refractivity contribution is 5.63. The second kappa shape index (κ2) is 5.51. The maximum absolute atomic E-state index is 10.2. The van der Waals surface area contributed by atoms with Crippen LogP contribution >= 0.6 is 0 Å². The van der Waals surface area contributed by atoms with Crippen molar-refractivity contribution in [2.75, 3.05) is 5.06 Å². The molecular formula is C15H17NO. The molecule has 0 aliphatic heterocycles. The van der Waals surface area contributed by atoms with Gasteiger partial charge in [-0.1, -0.05) is 49.7 Å². The molecule has 2 aromatic rings. The summed E-state index contributed by atoms with van der Waals surface area (Å²) in [6.07, 6.45) is 2.04. The number of para-hydroxylation sites is 2. The summed E-state index contributed by atoms with van der Waals surface area (Å²) in [5, 5.41) is 11.5. The van der Waals surface area contributed by atoms with Gasteiger partial charge in [0.2, 0.25) is 0 Å². The minimum Gasteiger partial charge on any atom is -0.283 e. The molecule has 0 aliphatic rings. The van der Waals surface area contributed by atoms with Crippen LogP contribution in [0.25, 0.3) is 0 Å². The van der Waals surface area contributed by atoms with Crippen molar-refractivity contribution in [2.45, 2.75) is 19.8 Å². The molecule has 0 atom stereocenters. The highest BCUT2D eigenvalue weighted by Gasteiger charge is 2.09. The molecule has 0 saturated carbocycles. The van der Waals surface area contributed by atoms with E-state index in [0.29, 0.717) is 0 Å². The topological polar surface area (TPSA) is 23.5 Å². The summed E-state index contributed by atoms with van der Waals surface area (Å²) >= 11 is 0. The number of hydrogen-bond acceptors (Lipinski definition) is 2. The third kappa shape index (κ3) is 2.66. The van der Waals surface area contributed by atoms with E-state index in [2.05, 4.69) is 13.0 Å². The van der Waals surface area contributed by atoms with Crippen molar-refractivity contribution in [1.29, 1.82) is 0 Å². The van der Waals surface area contributed by atoms with E-state index in [-0.39, 0.29) is 0 Å². The van der Waals surface area contributed by atoms with Gasteiger partial charge in [0.25, 0.3) is 0 Å². The van der Waals surface area contributed by atoms with Crippen LogP contribution in [0, 0.1) is 0 Å². The lowest BCUT2D eigenvalue weighted by atomic mass is 10.1. The van der Waals surface area contributed by atoms with Crippen LogP contribution in [0.4, 0.5) is 11.4 Å². The summed E-state index contributed by atoms with van der Waals surface area (Å²) in [5.74, 6) is 0. The summed E-state index contributed by atoms with van der Waals surface area (Å²) < 4.78 is 0. The van der Waals surface area contributed by atoms with E-state index >= 15 is 0 Å². The molecule has 2 rings (SSSR count). The molecule has 0 amide bonds. The van der Waals surface area contributed by atoms with Gasteiger partial charge in [0.15, 0.2) is 0 Å². The molecule has 2 nitrogen and oxygen atoms in total. The molecule has 88 valence electrons. The third-order valence-corrected chi connectivity index (χ3v) is 2.74. The molecule has 0 bridgehead atoms. The first-order valence-electron chi connectivity index (χ1n) is 5.95. The third-order valence-electron chi connectivity index (χ3n) is 2.74. The Morgan fingerprint density at radius 2 is 1.59 bits per heavy atom. The van der Waals surface area contributed by atoms with Gasteiger partial charge in [-0.25, -0.2) is 5.06 Å². The van der Waals surface area contributed by atoms with E-state index in [4.69, 9.17) is 0 Å². The van der Waals surface area contributed by atoms with Gasteiger partial charge in [-0.2, -0.15) is 0 Å². The number of anilines is 2. The number of aryl methyl sites for hydroxylation is 1. The van der Waals surface area contributed by atoms with Crippen molar-refractivity contribution < 1.29 is 5.21 Å². The number of nitrogens with zero attached hydrogens (tertiary/aromatic N) is 1. The number of benzene rings is 2. The van der Waals surface area contributed by atoms with Gasteiger partial charge in [0.05, 0.1) is 11.4 Å². The Hall–Kier alpha value is -1.80. The zero-order valence-electron chi connectivity index (χ0n) is 10.0. The fourth-order valence-corrected chi connectivity index (χ4v) is 1.91. The number of hydrogen-bond donors (Lipinski definition) is 1. The van der Waals surface area contributed by atoms with E-state index in [1.807, 2.05) is 48.5 Å². The second-order valence-corrected chi connectivity index (χ2v) is 4.03. The zero-order valence-corrected chi connectivity index (χ0v) is 10.0. The first kappa shape index (κ1) is 11.7. The molecular weight excluding hydrogens is 210 g/mol. The SMILES string of the molecule is CCCc1ccccc1N(O)c1ccccc1. The Morgan fingerprint density at radius 1 is 0.941 bits per heavy atom. The Balaban J connectivity index is 2.33. The predicted octanol–water partition coefficient (Wildman–Crippen LogP) is 4.17. The summed E-state index contributed by atoms with van der Waals surface area (Å²) in [7, 11) is 0. The van der Waals surface area contributed by atoms with Gasteiger partial charge < -0.3 is 0 Å². The molecule has 0 fully saturated rings. The van der Waals surface area contributed by atoms with E-state index in [1.165, 1.54) is 10.6 Å². The van der Waals surface area contributed by atoms with E-state index in [1.54, 1.807) is 0 Å². The minimum atomic E-state index is 0.788. The lowest BCUT2D eigenvalue weighted by Crippen LogP contribution is -2.12. The summed E-state index contributed by atoms with van der Waals surface area (Å²) in [6.45, 7) is 2.14. The van der Waals surface area contributed by atoms with E-state index < -0.39 is 0 Å². The molecule has 17 heavy (non-hydrogen) atoms. The molecule has 0 aromatic heterocycles. The Kier molecular flexibility index (Phi) is 3.78. The van der Waals surface area contributed by atoms with Crippen LogP contribution in [0.3, 0.4) is 0 Å². The molecule has 2 aromatic carbocycles. The zero-order chi connectivity index (χ0) is 12.1. The summed E-state index contributed by atoms with van der Waals surface area (Å²) in [5.41, 5.74) is 2.82. The monoisotopic (exact) mass is 227 g/mol. The molecule has 0 spiro atoms. The molecule has 2 heteroatoms. The van der Waals surface area contributed by atoms with Gasteiger partial charge in [-0.15, -0.1) is 0 Å². The van der Waals surface area contributed by atoms with Gasteiger partial charge in [0.1, 0.15) is 0 Å². The highest BCUT2D eigenvalue weighted by Crippen LogP contribution is 2.27. The van der Waals surface area contributed by atoms with Crippen molar-refractivity contribution in [3.8, 4) is 0 Å². The van der Waals surface area contributed by atoms with Crippen molar-refractivity contribution in [3.63, 3.8) is 0 Å². The average Bonchev–Trinajstić information content (AvgIpc) is 2.40. The fraction of sp³-hybridized carbons (Fsp3) is 0.200. The van der Waals surface area contributed by atoms with Crippen LogP contribution < -0.4 is 5.06 Å². The van der Waals surface area contributed by atoms with Crippen LogP contribution in [0.5, 0.6) is 0 Å². The Labute approximate surface area is 102 Å². The highest BCUT2D eigenvalue weighted by atomic mass is 16.5. The smallest absolute Gasteiger partial charge is 0.0724 e. The molecule has 0 aliphatic carbocycles. The van der Waals surface area contributed by atoms with Crippen molar-refractivity contribution in [2.24, 2.45) is 0 Å². The fourth-order valence-electron chi connectivity index (χ4n) is 1.91. The maximum Gasteiger partial charge on any atom is 0.0724 e. The summed E-state index contributed by atoms with van der Waals surface area (Å²) in [6, 6.07) is 17.5. The molecule has 0 heterocycles. The quantitative estimate of drug-likeness (QED) is 0.792. The maximum atomic E-state index is 10.2. The Bertz CT molecular complexity index is 467. The van der Waals surface area contributed by atoms with Crippen LogP contribution in [0.15, 0.2) is 54.6 Å². The molecule has 1 N–H and O–H groups in total. The van der Waals surface area contributed by atoms with Crippen LogP contribution in [-0.4, -0.2) is 5.21 Å². The van der Waals surface area contributed by atoms with E-state index in [0.717, 1.165) is 24.2 Å². The standard InChI is InChI=1S/C15H17NO/c1-2-8-13-9-6-7-12-15(13)16(17)14-10-4-3-5-11-14/h3-7,9-12,17H,2,8H2,1H3. The van der Waals surface area contributed by atoms with Gasteiger partial charge in [0, 0.05) is 0 Å². The predicted molar refractivity (Wildman–Crippen MR) is 70.8 cm³/mol. The van der Waals surface area contributed by atoms with Crippen LogP contribution in [0.2, 0.25) is 0 Å². The molecule has 0 saturated heterocycles. The van der Waals surface area contributed by atoms with E-state index in [9.17, 15) is 5.21 Å². The van der Waals surface area contributed by atoms with Crippen molar-refractivity contribution in [1.82, 2.24) is 0 Å². The normalized spacial score (nSPS) is 10.2.